The normalized spacial score (nSPS) is 23.9. The number of ether oxygens (including phenoxy) is 3. The Morgan fingerprint density at radius 2 is 1.85 bits per heavy atom. The first-order valence-corrected chi connectivity index (χ1v) is 11.8. The molecule has 2 bridgehead atoms. The molecular formula is C26H31FN4O3. The van der Waals surface area contributed by atoms with E-state index in [2.05, 4.69) is 20.3 Å². The summed E-state index contributed by atoms with van der Waals surface area (Å²) in [7, 11) is 3.23. The standard InChI is InChI=1S/C26H31FN4O3/c1-17-4-5-21-24(31-17)19(20(27)14-29-21)6-7-26-10-8-25(9-11-26,16-34-26)30-13-18-12-22(32-2)23(33-3)15-28-18/h4-5,12,14-15,30H,6-11,13,16H2,1-3H3. The molecule has 6 rings (SSSR count). The van der Waals surface area contributed by atoms with Gasteiger partial charge in [-0.3, -0.25) is 15.0 Å². The third-order valence-corrected chi connectivity index (χ3v) is 7.48. The Bertz CT molecular complexity index is 1170. The van der Waals surface area contributed by atoms with Crippen LogP contribution >= 0.6 is 0 Å². The van der Waals surface area contributed by atoms with Crippen LogP contribution in [0.4, 0.5) is 4.39 Å². The van der Waals surface area contributed by atoms with Gasteiger partial charge in [-0.2, -0.15) is 0 Å². The van der Waals surface area contributed by atoms with Crippen LogP contribution in [0.2, 0.25) is 0 Å². The first kappa shape index (κ1) is 22.9. The highest BCUT2D eigenvalue weighted by Crippen LogP contribution is 2.46. The molecule has 0 unspecified atom stereocenters. The number of hydrogen-bond acceptors (Lipinski definition) is 7. The molecule has 3 fully saturated rings. The number of fused-ring (bicyclic) bond motifs is 4. The van der Waals surface area contributed by atoms with Crippen molar-refractivity contribution in [2.75, 3.05) is 20.8 Å². The lowest BCUT2D eigenvalue weighted by molar-refractivity contribution is -0.165. The Morgan fingerprint density at radius 3 is 2.56 bits per heavy atom. The summed E-state index contributed by atoms with van der Waals surface area (Å²) in [6.07, 6.45) is 8.34. The van der Waals surface area contributed by atoms with Crippen LogP contribution < -0.4 is 14.8 Å². The van der Waals surface area contributed by atoms with Crippen molar-refractivity contribution in [2.45, 2.75) is 63.1 Å². The van der Waals surface area contributed by atoms with E-state index in [0.29, 0.717) is 42.2 Å². The van der Waals surface area contributed by atoms with Gasteiger partial charge in [0.25, 0.3) is 0 Å². The van der Waals surface area contributed by atoms with Crippen molar-refractivity contribution in [2.24, 2.45) is 0 Å². The number of nitrogens with one attached hydrogen (secondary N) is 1. The summed E-state index contributed by atoms with van der Waals surface area (Å²) in [6, 6.07) is 5.72. The van der Waals surface area contributed by atoms with Gasteiger partial charge in [0.1, 0.15) is 5.82 Å². The molecule has 3 aromatic rings. The first-order valence-electron chi connectivity index (χ1n) is 11.8. The fraction of sp³-hybridized carbons (Fsp3) is 0.500. The molecule has 3 aliphatic rings. The Balaban J connectivity index is 1.23. The number of nitrogens with zero attached hydrogens (tertiary/aromatic N) is 3. The van der Waals surface area contributed by atoms with Crippen molar-refractivity contribution in [3.63, 3.8) is 0 Å². The van der Waals surface area contributed by atoms with Gasteiger partial charge in [-0.1, -0.05) is 0 Å². The monoisotopic (exact) mass is 466 g/mol. The minimum absolute atomic E-state index is 0.0517. The van der Waals surface area contributed by atoms with Crippen molar-refractivity contribution >= 4 is 11.0 Å². The smallest absolute Gasteiger partial charge is 0.179 e. The molecular weight excluding hydrogens is 435 g/mol. The summed E-state index contributed by atoms with van der Waals surface area (Å²) >= 11 is 0. The topological polar surface area (TPSA) is 78.4 Å². The maximum Gasteiger partial charge on any atom is 0.179 e. The van der Waals surface area contributed by atoms with E-state index in [1.807, 2.05) is 25.1 Å². The van der Waals surface area contributed by atoms with E-state index in [-0.39, 0.29) is 17.0 Å². The molecule has 1 N–H and O–H groups in total. The lowest BCUT2D eigenvalue weighted by atomic mass is 9.69. The molecule has 3 aromatic heterocycles. The molecule has 0 atom stereocenters. The zero-order valence-electron chi connectivity index (χ0n) is 20.0. The summed E-state index contributed by atoms with van der Waals surface area (Å²) in [5.74, 6) is 1.01. The van der Waals surface area contributed by atoms with Crippen LogP contribution in [0.5, 0.6) is 11.5 Å². The van der Waals surface area contributed by atoms with Gasteiger partial charge in [0.2, 0.25) is 0 Å². The largest absolute Gasteiger partial charge is 0.493 e. The number of methoxy groups -OCH3 is 2. The highest BCUT2D eigenvalue weighted by Gasteiger charge is 2.49. The molecule has 1 saturated carbocycles. The summed E-state index contributed by atoms with van der Waals surface area (Å²) in [6.45, 7) is 3.20. The maximum absolute atomic E-state index is 14.7. The number of aryl methyl sites for hydroxylation is 2. The van der Waals surface area contributed by atoms with E-state index in [0.717, 1.165) is 49.0 Å². The predicted molar refractivity (Wildman–Crippen MR) is 127 cm³/mol. The van der Waals surface area contributed by atoms with Crippen molar-refractivity contribution in [1.29, 1.82) is 0 Å². The fourth-order valence-electron chi connectivity index (χ4n) is 5.25. The second-order valence-corrected chi connectivity index (χ2v) is 9.54. The molecule has 0 spiro atoms. The van der Waals surface area contributed by atoms with Gasteiger partial charge in [0, 0.05) is 29.4 Å². The first-order chi connectivity index (χ1) is 16.4. The van der Waals surface area contributed by atoms with Gasteiger partial charge in [-0.15, -0.1) is 0 Å². The minimum atomic E-state index is -0.285. The number of halogens is 1. The molecule has 5 heterocycles. The van der Waals surface area contributed by atoms with Gasteiger partial charge >= 0.3 is 0 Å². The van der Waals surface area contributed by atoms with Crippen LogP contribution in [-0.2, 0) is 17.7 Å². The number of rotatable bonds is 8. The molecule has 0 radical (unpaired) electrons. The third-order valence-electron chi connectivity index (χ3n) is 7.48. The quantitative estimate of drug-likeness (QED) is 0.530. The lowest BCUT2D eigenvalue weighted by Crippen LogP contribution is -2.61. The van der Waals surface area contributed by atoms with Gasteiger partial charge in [0.15, 0.2) is 11.5 Å². The molecule has 34 heavy (non-hydrogen) atoms. The Morgan fingerprint density at radius 1 is 1.06 bits per heavy atom. The number of pyridine rings is 3. The SMILES string of the molecule is COc1cnc(CNC23CCC(CCc4c(F)cnc5ccc(C)nc45)(CC2)OC3)cc1OC. The molecule has 2 aliphatic heterocycles. The summed E-state index contributed by atoms with van der Waals surface area (Å²) in [5, 5.41) is 3.70. The van der Waals surface area contributed by atoms with E-state index in [1.165, 1.54) is 6.20 Å². The summed E-state index contributed by atoms with van der Waals surface area (Å²) in [5.41, 5.74) is 3.57. The molecule has 2 saturated heterocycles. The Labute approximate surface area is 199 Å². The van der Waals surface area contributed by atoms with Crippen molar-refractivity contribution in [3.8, 4) is 11.5 Å². The average Bonchev–Trinajstić information content (AvgIpc) is 2.88. The van der Waals surface area contributed by atoms with E-state index in [1.54, 1.807) is 20.4 Å². The highest BCUT2D eigenvalue weighted by atomic mass is 19.1. The molecule has 180 valence electrons. The zero-order valence-corrected chi connectivity index (χ0v) is 20.0. The van der Waals surface area contributed by atoms with E-state index in [4.69, 9.17) is 14.2 Å². The average molecular weight is 467 g/mol. The lowest BCUT2D eigenvalue weighted by Gasteiger charge is -2.53. The Kier molecular flexibility index (Phi) is 6.12. The van der Waals surface area contributed by atoms with Crippen molar-refractivity contribution in [3.05, 3.63) is 53.4 Å². The summed E-state index contributed by atoms with van der Waals surface area (Å²) < 4.78 is 31.8. The molecule has 8 heteroatoms. The van der Waals surface area contributed by atoms with Crippen molar-refractivity contribution < 1.29 is 18.6 Å². The van der Waals surface area contributed by atoms with E-state index >= 15 is 0 Å². The van der Waals surface area contributed by atoms with E-state index < -0.39 is 0 Å². The van der Waals surface area contributed by atoms with Crippen LogP contribution in [0.15, 0.2) is 30.6 Å². The van der Waals surface area contributed by atoms with Gasteiger partial charge in [-0.05, 0) is 57.6 Å². The number of hydrogen-bond donors (Lipinski definition) is 1. The summed E-state index contributed by atoms with van der Waals surface area (Å²) in [4.78, 5) is 13.3. The molecule has 0 aromatic carbocycles. The molecule has 7 nitrogen and oxygen atoms in total. The molecule has 0 amide bonds. The van der Waals surface area contributed by atoms with Crippen LogP contribution in [0.3, 0.4) is 0 Å². The maximum atomic E-state index is 14.7. The Hall–Kier alpha value is -2.84. The van der Waals surface area contributed by atoms with Crippen LogP contribution in [0.25, 0.3) is 11.0 Å². The van der Waals surface area contributed by atoms with Gasteiger partial charge < -0.3 is 19.5 Å². The third kappa shape index (κ3) is 4.32. The second-order valence-electron chi connectivity index (χ2n) is 9.54. The zero-order chi connectivity index (χ0) is 23.8. The van der Waals surface area contributed by atoms with E-state index in [9.17, 15) is 4.39 Å². The minimum Gasteiger partial charge on any atom is -0.493 e. The van der Waals surface area contributed by atoms with Gasteiger partial charge in [-0.25, -0.2) is 4.39 Å². The fourth-order valence-corrected chi connectivity index (χ4v) is 5.25. The van der Waals surface area contributed by atoms with Crippen LogP contribution in [0, 0.1) is 12.7 Å². The predicted octanol–water partition coefficient (Wildman–Crippen LogP) is 4.29. The molecule has 1 aliphatic carbocycles. The second kappa shape index (κ2) is 9.07. The van der Waals surface area contributed by atoms with Crippen LogP contribution in [0.1, 0.15) is 49.1 Å². The van der Waals surface area contributed by atoms with Crippen molar-refractivity contribution in [1.82, 2.24) is 20.3 Å². The number of aromatic nitrogens is 3. The van der Waals surface area contributed by atoms with Crippen LogP contribution in [-0.4, -0.2) is 46.9 Å². The van der Waals surface area contributed by atoms with Gasteiger partial charge in [0.05, 0.1) is 55.5 Å². The highest BCUT2D eigenvalue weighted by molar-refractivity contribution is 5.77.